The highest BCUT2D eigenvalue weighted by atomic mass is 79.9. The molecule has 2 aromatic carbocycles. The van der Waals surface area contributed by atoms with E-state index in [0.717, 1.165) is 10.0 Å². The van der Waals surface area contributed by atoms with Crippen LogP contribution in [0.5, 0.6) is 11.5 Å². The summed E-state index contributed by atoms with van der Waals surface area (Å²) >= 11 is 3.42. The second kappa shape index (κ2) is 6.43. The molecule has 0 aliphatic rings. The minimum Gasteiger partial charge on any atom is -0.496 e. The maximum Gasteiger partial charge on any atom is 0.343 e. The van der Waals surface area contributed by atoms with Crippen LogP contribution >= 0.6 is 15.9 Å². The Kier molecular flexibility index (Phi) is 4.63. The first-order valence-electron chi connectivity index (χ1n) is 5.90. The van der Waals surface area contributed by atoms with Crippen LogP contribution in [0, 0.1) is 0 Å². The van der Waals surface area contributed by atoms with Gasteiger partial charge in [-0.25, -0.2) is 4.79 Å². The molecule has 0 unspecified atom stereocenters. The smallest absolute Gasteiger partial charge is 0.343 e. The quantitative estimate of drug-likeness (QED) is 0.903. The van der Waals surface area contributed by atoms with Crippen molar-refractivity contribution in [3.63, 3.8) is 0 Å². The van der Waals surface area contributed by atoms with Crippen molar-refractivity contribution in [3.05, 3.63) is 58.1 Å². The molecular formula is C15H13BrO4. The maximum atomic E-state index is 11.3. The number of ether oxygens (including phenoxy) is 2. The summed E-state index contributed by atoms with van der Waals surface area (Å²) in [5, 5.41) is 9.26. The molecular weight excluding hydrogens is 324 g/mol. The van der Waals surface area contributed by atoms with Crippen LogP contribution in [0.2, 0.25) is 0 Å². The molecule has 0 radical (unpaired) electrons. The number of benzene rings is 2. The third-order valence-corrected chi connectivity index (χ3v) is 3.54. The fourth-order valence-electron chi connectivity index (χ4n) is 1.78. The van der Waals surface area contributed by atoms with Crippen molar-refractivity contribution < 1.29 is 19.4 Å². The summed E-state index contributed by atoms with van der Waals surface area (Å²) in [6, 6.07) is 12.5. The van der Waals surface area contributed by atoms with Crippen LogP contribution in [-0.2, 0) is 6.61 Å². The van der Waals surface area contributed by atoms with Crippen molar-refractivity contribution in [3.8, 4) is 11.5 Å². The molecule has 0 atom stereocenters. The van der Waals surface area contributed by atoms with E-state index < -0.39 is 5.97 Å². The molecule has 4 nitrogen and oxygen atoms in total. The highest BCUT2D eigenvalue weighted by Gasteiger charge is 2.17. The first-order chi connectivity index (χ1) is 9.63. The van der Waals surface area contributed by atoms with Crippen molar-refractivity contribution in [2.45, 2.75) is 6.61 Å². The molecule has 0 bridgehead atoms. The third-order valence-electron chi connectivity index (χ3n) is 2.76. The lowest BCUT2D eigenvalue weighted by molar-refractivity contribution is 0.0688. The fraction of sp³-hybridized carbons (Fsp3) is 0.133. The van der Waals surface area contributed by atoms with Gasteiger partial charge >= 0.3 is 5.97 Å². The maximum absolute atomic E-state index is 11.3. The number of halogens is 1. The van der Waals surface area contributed by atoms with Gasteiger partial charge in [0, 0.05) is 10.0 Å². The van der Waals surface area contributed by atoms with E-state index in [1.54, 1.807) is 18.2 Å². The van der Waals surface area contributed by atoms with E-state index in [4.69, 9.17) is 9.47 Å². The van der Waals surface area contributed by atoms with Crippen LogP contribution in [0.3, 0.4) is 0 Å². The monoisotopic (exact) mass is 336 g/mol. The number of carboxylic acid groups (broad SMARTS) is 1. The number of rotatable bonds is 5. The number of methoxy groups -OCH3 is 1. The fourth-order valence-corrected chi connectivity index (χ4v) is 2.18. The van der Waals surface area contributed by atoms with Gasteiger partial charge in [0.25, 0.3) is 0 Å². The number of aromatic carboxylic acids is 1. The molecule has 104 valence electrons. The lowest BCUT2D eigenvalue weighted by Gasteiger charge is -2.12. The molecule has 0 aliphatic heterocycles. The molecule has 2 rings (SSSR count). The predicted molar refractivity (Wildman–Crippen MR) is 78.4 cm³/mol. The van der Waals surface area contributed by atoms with E-state index in [0.29, 0.717) is 0 Å². The van der Waals surface area contributed by atoms with Gasteiger partial charge in [0.1, 0.15) is 23.7 Å². The van der Waals surface area contributed by atoms with Gasteiger partial charge in [-0.15, -0.1) is 0 Å². The van der Waals surface area contributed by atoms with Crippen LogP contribution in [0.25, 0.3) is 0 Å². The highest BCUT2D eigenvalue weighted by molar-refractivity contribution is 9.10. The SMILES string of the molecule is COc1cccc(OCc2ccccc2Br)c1C(=O)O. The van der Waals surface area contributed by atoms with E-state index in [1.807, 2.05) is 24.3 Å². The van der Waals surface area contributed by atoms with Gasteiger partial charge in [-0.3, -0.25) is 0 Å². The van der Waals surface area contributed by atoms with Crippen molar-refractivity contribution in [1.29, 1.82) is 0 Å². The third kappa shape index (κ3) is 3.11. The largest absolute Gasteiger partial charge is 0.496 e. The Bertz CT molecular complexity index is 625. The Labute approximate surface area is 125 Å². The average Bonchev–Trinajstić information content (AvgIpc) is 2.45. The van der Waals surface area contributed by atoms with Crippen LogP contribution in [0.1, 0.15) is 15.9 Å². The molecule has 0 fully saturated rings. The summed E-state index contributed by atoms with van der Waals surface area (Å²) in [7, 11) is 1.43. The minimum absolute atomic E-state index is 0.0297. The van der Waals surface area contributed by atoms with Gasteiger partial charge in [-0.2, -0.15) is 0 Å². The van der Waals surface area contributed by atoms with Crippen molar-refractivity contribution in [2.75, 3.05) is 7.11 Å². The van der Waals surface area contributed by atoms with Crippen molar-refractivity contribution in [1.82, 2.24) is 0 Å². The topological polar surface area (TPSA) is 55.8 Å². The Balaban J connectivity index is 2.26. The molecule has 0 amide bonds. The Morgan fingerprint density at radius 1 is 1.15 bits per heavy atom. The second-order valence-corrected chi connectivity index (χ2v) is 4.87. The zero-order chi connectivity index (χ0) is 14.5. The first kappa shape index (κ1) is 14.4. The normalized spacial score (nSPS) is 10.1. The van der Waals surface area contributed by atoms with Crippen LogP contribution in [0.15, 0.2) is 46.9 Å². The molecule has 1 N–H and O–H groups in total. The van der Waals surface area contributed by atoms with E-state index in [-0.39, 0.29) is 23.7 Å². The number of carbonyl (C=O) groups is 1. The first-order valence-corrected chi connectivity index (χ1v) is 6.69. The van der Waals surface area contributed by atoms with Crippen molar-refractivity contribution in [2.24, 2.45) is 0 Å². The lowest BCUT2D eigenvalue weighted by atomic mass is 10.1. The Morgan fingerprint density at radius 2 is 1.85 bits per heavy atom. The van der Waals surface area contributed by atoms with Crippen LogP contribution < -0.4 is 9.47 Å². The molecule has 0 aliphatic carbocycles. The molecule has 2 aromatic rings. The average molecular weight is 337 g/mol. The number of hydrogen-bond acceptors (Lipinski definition) is 3. The highest BCUT2D eigenvalue weighted by Crippen LogP contribution is 2.29. The predicted octanol–water partition coefficient (Wildman–Crippen LogP) is 3.73. The van der Waals surface area contributed by atoms with Gasteiger partial charge in [-0.1, -0.05) is 40.2 Å². The van der Waals surface area contributed by atoms with E-state index in [9.17, 15) is 9.90 Å². The summed E-state index contributed by atoms with van der Waals surface area (Å²) in [5.41, 5.74) is 0.966. The van der Waals surface area contributed by atoms with Gasteiger partial charge in [0.15, 0.2) is 0 Å². The molecule has 0 heterocycles. The Morgan fingerprint density at radius 3 is 2.50 bits per heavy atom. The van der Waals surface area contributed by atoms with Crippen LogP contribution in [0.4, 0.5) is 0 Å². The summed E-state index contributed by atoms with van der Waals surface area (Å²) in [4.78, 5) is 11.3. The van der Waals surface area contributed by atoms with E-state index >= 15 is 0 Å². The minimum atomic E-state index is -1.08. The number of carboxylic acids is 1. The van der Waals surface area contributed by atoms with Gasteiger partial charge in [0.05, 0.1) is 7.11 Å². The summed E-state index contributed by atoms with van der Waals surface area (Å²) in [5.74, 6) is -0.515. The summed E-state index contributed by atoms with van der Waals surface area (Å²) in [6.07, 6.45) is 0. The van der Waals surface area contributed by atoms with Gasteiger partial charge in [0.2, 0.25) is 0 Å². The van der Waals surface area contributed by atoms with Gasteiger partial charge in [-0.05, 0) is 18.2 Å². The molecule has 20 heavy (non-hydrogen) atoms. The summed E-state index contributed by atoms with van der Waals surface area (Å²) < 4.78 is 11.6. The Hall–Kier alpha value is -2.01. The van der Waals surface area contributed by atoms with E-state index in [1.165, 1.54) is 7.11 Å². The summed E-state index contributed by atoms with van der Waals surface area (Å²) in [6.45, 7) is 0.273. The molecule has 0 saturated carbocycles. The number of hydrogen-bond donors (Lipinski definition) is 1. The zero-order valence-corrected chi connectivity index (χ0v) is 12.4. The van der Waals surface area contributed by atoms with Crippen LogP contribution in [-0.4, -0.2) is 18.2 Å². The van der Waals surface area contributed by atoms with E-state index in [2.05, 4.69) is 15.9 Å². The van der Waals surface area contributed by atoms with Crippen molar-refractivity contribution >= 4 is 21.9 Å². The molecule has 0 aromatic heterocycles. The lowest BCUT2D eigenvalue weighted by Crippen LogP contribution is -2.06. The molecule has 5 heteroatoms. The zero-order valence-electron chi connectivity index (χ0n) is 10.8. The second-order valence-electron chi connectivity index (χ2n) is 4.02. The molecule has 0 spiro atoms. The molecule has 0 saturated heterocycles. The van der Waals surface area contributed by atoms with Gasteiger partial charge < -0.3 is 14.6 Å². The standard InChI is InChI=1S/C15H13BrO4/c1-19-12-7-4-8-13(14(12)15(17)18)20-9-10-5-2-3-6-11(10)16/h2-8H,9H2,1H3,(H,17,18).